The fourth-order valence-corrected chi connectivity index (χ4v) is 4.62. The van der Waals surface area contributed by atoms with E-state index >= 15 is 0 Å². The summed E-state index contributed by atoms with van der Waals surface area (Å²) in [6.07, 6.45) is -6.86. The van der Waals surface area contributed by atoms with Gasteiger partial charge in [-0.2, -0.15) is 0 Å². The number of benzene rings is 1. The number of aliphatic hydroxyl groups is 3. The highest BCUT2D eigenvalue weighted by atomic mass is 16.8. The Hall–Kier alpha value is -1.63. The molecule has 0 bridgehead atoms. The lowest BCUT2D eigenvalue weighted by Crippen LogP contribution is -2.55. The van der Waals surface area contributed by atoms with Crippen molar-refractivity contribution in [3.63, 3.8) is 0 Å². The Labute approximate surface area is 185 Å². The molecule has 9 atom stereocenters. The minimum atomic E-state index is -1.32. The minimum absolute atomic E-state index is 0.101. The quantitative estimate of drug-likeness (QED) is 0.570. The van der Waals surface area contributed by atoms with Gasteiger partial charge in [-0.1, -0.05) is 35.5 Å². The molecule has 4 aliphatic heterocycles. The Morgan fingerprint density at radius 1 is 1.06 bits per heavy atom. The van der Waals surface area contributed by atoms with E-state index in [2.05, 4.69) is 5.16 Å². The van der Waals surface area contributed by atoms with Gasteiger partial charge in [-0.05, 0) is 19.4 Å². The zero-order valence-electron chi connectivity index (χ0n) is 17.9. The molecule has 0 amide bonds. The summed E-state index contributed by atoms with van der Waals surface area (Å²) in [4.78, 5) is 5.65. The van der Waals surface area contributed by atoms with Crippen LogP contribution >= 0.6 is 0 Å². The summed E-state index contributed by atoms with van der Waals surface area (Å²) < 4.78 is 29.8. The van der Waals surface area contributed by atoms with Gasteiger partial charge in [0.25, 0.3) is 0 Å². The monoisotopic (exact) mass is 451 g/mol. The van der Waals surface area contributed by atoms with E-state index in [-0.39, 0.29) is 6.61 Å². The van der Waals surface area contributed by atoms with Crippen molar-refractivity contribution in [3.05, 3.63) is 35.9 Å². The molecule has 10 nitrogen and oxygen atoms in total. The van der Waals surface area contributed by atoms with Gasteiger partial charge in [-0.25, -0.2) is 0 Å². The molecule has 0 spiro atoms. The molecule has 1 aromatic carbocycles. The Balaban J connectivity index is 1.28. The molecule has 0 unspecified atom stereocenters. The predicted molar refractivity (Wildman–Crippen MR) is 108 cm³/mol. The third kappa shape index (κ3) is 4.17. The standard InChI is InChI=1S/C22H29NO9/c1-22(2)30-20-19(27-9-11-6-4-3-5-7-11)18(29-21(20)31-22)14-8-12(23-32-14)17-16(26)15(25)13(24)10-28-17/h3-7,13-21,24-26H,8-10H2,1-2H3/t13-,14-,15+,16-,17+,18-,19+,20-,21-/m1/s1. The Morgan fingerprint density at radius 2 is 1.84 bits per heavy atom. The Bertz CT molecular complexity index is 834. The first-order chi connectivity index (χ1) is 15.3. The Kier molecular flexibility index (Phi) is 5.97. The Morgan fingerprint density at radius 3 is 2.62 bits per heavy atom. The van der Waals surface area contributed by atoms with E-state index in [1.54, 1.807) is 0 Å². The topological polar surface area (TPSA) is 128 Å². The molecule has 0 aromatic heterocycles. The van der Waals surface area contributed by atoms with E-state index in [0.29, 0.717) is 18.7 Å². The van der Waals surface area contributed by atoms with E-state index < -0.39 is 60.9 Å². The molecule has 0 radical (unpaired) electrons. The maximum atomic E-state index is 10.3. The van der Waals surface area contributed by atoms with Crippen LogP contribution in [0.3, 0.4) is 0 Å². The normalized spacial score (nSPS) is 43.0. The van der Waals surface area contributed by atoms with Crippen molar-refractivity contribution in [2.45, 2.75) is 87.8 Å². The smallest absolute Gasteiger partial charge is 0.190 e. The second kappa shape index (κ2) is 8.62. The zero-order valence-corrected chi connectivity index (χ0v) is 17.9. The SMILES string of the molecule is CC1(C)O[C@H]2O[C@H]([C@H]3CC([C@@H]4OC[C@@H](O)[C@H](O)[C@H]4O)=NO3)[C@H](OCc3ccccc3)[C@H]2O1. The summed E-state index contributed by atoms with van der Waals surface area (Å²) in [5.74, 6) is -0.788. The van der Waals surface area contributed by atoms with Crippen molar-refractivity contribution in [1.82, 2.24) is 0 Å². The lowest BCUT2D eigenvalue weighted by Gasteiger charge is -2.35. The van der Waals surface area contributed by atoms with Crippen molar-refractivity contribution < 1.29 is 43.8 Å². The van der Waals surface area contributed by atoms with Crippen LogP contribution in [-0.4, -0.2) is 88.5 Å². The fraction of sp³-hybridized carbons (Fsp3) is 0.682. The number of oxime groups is 1. The zero-order chi connectivity index (χ0) is 22.5. The highest BCUT2D eigenvalue weighted by Crippen LogP contribution is 2.42. The molecule has 5 rings (SSSR count). The van der Waals surface area contributed by atoms with Crippen molar-refractivity contribution in [2.24, 2.45) is 5.16 Å². The molecule has 1 aromatic rings. The van der Waals surface area contributed by atoms with Crippen LogP contribution in [-0.2, 0) is 35.1 Å². The molecular weight excluding hydrogens is 422 g/mol. The molecule has 32 heavy (non-hydrogen) atoms. The number of rotatable bonds is 5. The van der Waals surface area contributed by atoms with E-state index in [9.17, 15) is 15.3 Å². The third-order valence-electron chi connectivity index (χ3n) is 6.22. The van der Waals surface area contributed by atoms with Crippen LogP contribution in [0, 0.1) is 0 Å². The largest absolute Gasteiger partial charge is 0.389 e. The van der Waals surface area contributed by atoms with Gasteiger partial charge < -0.3 is 43.8 Å². The summed E-state index contributed by atoms with van der Waals surface area (Å²) >= 11 is 0. The van der Waals surface area contributed by atoms with E-state index in [4.69, 9.17) is 28.5 Å². The summed E-state index contributed by atoms with van der Waals surface area (Å²) in [5.41, 5.74) is 1.46. The molecule has 3 saturated heterocycles. The lowest BCUT2D eigenvalue weighted by atomic mass is 9.93. The van der Waals surface area contributed by atoms with Gasteiger partial charge in [0, 0.05) is 6.42 Å². The van der Waals surface area contributed by atoms with Gasteiger partial charge >= 0.3 is 0 Å². The van der Waals surface area contributed by atoms with Gasteiger partial charge in [-0.3, -0.25) is 0 Å². The molecule has 0 saturated carbocycles. The van der Waals surface area contributed by atoms with Gasteiger partial charge in [0.2, 0.25) is 0 Å². The van der Waals surface area contributed by atoms with E-state index in [0.717, 1.165) is 5.56 Å². The number of hydrogen-bond donors (Lipinski definition) is 3. The summed E-state index contributed by atoms with van der Waals surface area (Å²) in [6.45, 7) is 3.92. The highest BCUT2D eigenvalue weighted by Gasteiger charge is 2.59. The average Bonchev–Trinajstić information content (AvgIpc) is 3.44. The van der Waals surface area contributed by atoms with Crippen LogP contribution in [0.4, 0.5) is 0 Å². The summed E-state index contributed by atoms with van der Waals surface area (Å²) in [6, 6.07) is 9.80. The van der Waals surface area contributed by atoms with Gasteiger partial charge in [0.05, 0.1) is 18.9 Å². The number of hydrogen-bond acceptors (Lipinski definition) is 10. The van der Waals surface area contributed by atoms with Crippen molar-refractivity contribution >= 4 is 5.71 Å². The average molecular weight is 451 g/mol. The van der Waals surface area contributed by atoms with Gasteiger partial charge in [0.1, 0.15) is 42.7 Å². The number of ether oxygens (including phenoxy) is 5. The highest BCUT2D eigenvalue weighted by molar-refractivity contribution is 5.90. The fourth-order valence-electron chi connectivity index (χ4n) is 4.62. The number of nitrogens with zero attached hydrogens (tertiary/aromatic N) is 1. The van der Waals surface area contributed by atoms with E-state index in [1.165, 1.54) is 0 Å². The predicted octanol–water partition coefficient (Wildman–Crippen LogP) is 0.0746. The molecule has 4 heterocycles. The summed E-state index contributed by atoms with van der Waals surface area (Å²) in [5, 5.41) is 34.1. The van der Waals surface area contributed by atoms with Crippen LogP contribution in [0.25, 0.3) is 0 Å². The number of fused-ring (bicyclic) bond motifs is 1. The molecular formula is C22H29NO9. The maximum absolute atomic E-state index is 10.3. The van der Waals surface area contributed by atoms with Crippen LogP contribution in [0.2, 0.25) is 0 Å². The first-order valence-electron chi connectivity index (χ1n) is 10.9. The summed E-state index contributed by atoms with van der Waals surface area (Å²) in [7, 11) is 0. The van der Waals surface area contributed by atoms with Crippen molar-refractivity contribution in [3.8, 4) is 0 Å². The van der Waals surface area contributed by atoms with Gasteiger partial charge in [-0.15, -0.1) is 0 Å². The molecule has 10 heteroatoms. The maximum Gasteiger partial charge on any atom is 0.190 e. The first-order valence-corrected chi connectivity index (χ1v) is 10.9. The van der Waals surface area contributed by atoms with Crippen LogP contribution < -0.4 is 0 Å². The second-order valence-corrected chi connectivity index (χ2v) is 9.06. The van der Waals surface area contributed by atoms with Gasteiger partial charge in [0.15, 0.2) is 18.2 Å². The molecule has 4 aliphatic rings. The molecule has 176 valence electrons. The first kappa shape index (κ1) is 22.2. The third-order valence-corrected chi connectivity index (χ3v) is 6.22. The lowest BCUT2D eigenvalue weighted by molar-refractivity contribution is -0.232. The minimum Gasteiger partial charge on any atom is -0.389 e. The molecule has 3 N–H and O–H groups in total. The van der Waals surface area contributed by atoms with Crippen molar-refractivity contribution in [1.29, 1.82) is 0 Å². The molecule has 3 fully saturated rings. The second-order valence-electron chi connectivity index (χ2n) is 9.06. The van der Waals surface area contributed by atoms with Crippen LogP contribution in [0.1, 0.15) is 25.8 Å². The number of aliphatic hydroxyl groups excluding tert-OH is 3. The van der Waals surface area contributed by atoms with Crippen LogP contribution in [0.15, 0.2) is 35.5 Å². The molecule has 0 aliphatic carbocycles. The van der Waals surface area contributed by atoms with Crippen LogP contribution in [0.5, 0.6) is 0 Å². The van der Waals surface area contributed by atoms with Crippen molar-refractivity contribution in [2.75, 3.05) is 6.61 Å². The van der Waals surface area contributed by atoms with E-state index in [1.807, 2.05) is 44.2 Å².